The van der Waals surface area contributed by atoms with Crippen molar-refractivity contribution in [3.05, 3.63) is 65.7 Å². The first-order valence-corrected chi connectivity index (χ1v) is 7.77. The third-order valence-electron chi connectivity index (χ3n) is 3.65. The number of carbonyl (C=O) groups is 2. The Labute approximate surface area is 146 Å². The molecule has 0 saturated carbocycles. The number of rotatable bonds is 7. The van der Waals surface area contributed by atoms with Gasteiger partial charge in [0.2, 0.25) is 0 Å². The third-order valence-corrected chi connectivity index (χ3v) is 3.65. The highest BCUT2D eigenvalue weighted by Crippen LogP contribution is 2.18. The van der Waals surface area contributed by atoms with Crippen LogP contribution in [0.25, 0.3) is 0 Å². The van der Waals surface area contributed by atoms with E-state index in [2.05, 4.69) is 5.32 Å². The molecule has 0 radical (unpaired) electrons. The van der Waals surface area contributed by atoms with Crippen molar-refractivity contribution in [2.24, 2.45) is 0 Å². The molecule has 25 heavy (non-hydrogen) atoms. The fourth-order valence-corrected chi connectivity index (χ4v) is 2.18. The molecule has 2 rings (SSSR count). The lowest BCUT2D eigenvalue weighted by atomic mass is 10.0. The van der Waals surface area contributed by atoms with Crippen LogP contribution in [0.4, 0.5) is 0 Å². The summed E-state index contributed by atoms with van der Waals surface area (Å²) in [6.45, 7) is 1.03. The maximum atomic E-state index is 12.5. The van der Waals surface area contributed by atoms with E-state index < -0.39 is 24.0 Å². The zero-order valence-corrected chi connectivity index (χ0v) is 14.2. The first-order chi connectivity index (χ1) is 12.0. The fourth-order valence-electron chi connectivity index (χ4n) is 2.18. The van der Waals surface area contributed by atoms with Crippen molar-refractivity contribution in [3.8, 4) is 5.75 Å². The minimum absolute atomic E-state index is 0.169. The smallest absolute Gasteiger partial charge is 0.338 e. The highest BCUT2D eigenvalue weighted by Gasteiger charge is 2.29. The molecule has 1 unspecified atom stereocenters. The number of amides is 1. The van der Waals surface area contributed by atoms with Crippen LogP contribution in [0.15, 0.2) is 54.6 Å². The van der Waals surface area contributed by atoms with Crippen LogP contribution >= 0.6 is 0 Å². The van der Waals surface area contributed by atoms with Gasteiger partial charge in [0.05, 0.1) is 30.4 Å². The zero-order valence-electron chi connectivity index (χ0n) is 14.2. The molecule has 1 amide bonds. The summed E-state index contributed by atoms with van der Waals surface area (Å²) in [5.41, 5.74) is -0.388. The minimum Gasteiger partial charge on any atom is -0.496 e. The van der Waals surface area contributed by atoms with Crippen LogP contribution in [-0.2, 0) is 4.74 Å². The summed E-state index contributed by atoms with van der Waals surface area (Å²) in [6.07, 6.45) is 0. The number of hydrogen-bond acceptors (Lipinski definition) is 5. The predicted molar refractivity (Wildman–Crippen MR) is 92.7 cm³/mol. The standard InChI is InChI=1S/C19H21NO5/c1-19(12-21,13-25-18(23)14-8-4-3-5-9-14)20-17(22)15-10-6-7-11-16(15)24-2/h3-11,21H,12-13H2,1-2H3,(H,20,22). The number of hydrogen-bond donors (Lipinski definition) is 2. The summed E-state index contributed by atoms with van der Waals surface area (Å²) in [5.74, 6) is -0.529. The summed E-state index contributed by atoms with van der Waals surface area (Å²) in [4.78, 5) is 24.5. The molecule has 0 aliphatic rings. The van der Waals surface area contributed by atoms with Crippen molar-refractivity contribution >= 4 is 11.9 Å². The second kappa shape index (κ2) is 8.30. The van der Waals surface area contributed by atoms with E-state index in [1.807, 2.05) is 0 Å². The van der Waals surface area contributed by atoms with Crippen LogP contribution in [0.1, 0.15) is 27.6 Å². The summed E-state index contributed by atoms with van der Waals surface area (Å²) < 4.78 is 10.4. The van der Waals surface area contributed by atoms with Crippen molar-refractivity contribution in [1.29, 1.82) is 0 Å². The van der Waals surface area contributed by atoms with Gasteiger partial charge in [-0.25, -0.2) is 4.79 Å². The van der Waals surface area contributed by atoms with Crippen molar-refractivity contribution in [2.75, 3.05) is 20.3 Å². The van der Waals surface area contributed by atoms with Gasteiger partial charge in [0, 0.05) is 0 Å². The lowest BCUT2D eigenvalue weighted by molar-refractivity contribution is 0.0282. The van der Waals surface area contributed by atoms with Crippen molar-refractivity contribution < 1.29 is 24.2 Å². The molecule has 1 atom stereocenters. The number of carbonyl (C=O) groups excluding carboxylic acids is 2. The van der Waals surface area contributed by atoms with Gasteiger partial charge in [-0.05, 0) is 31.2 Å². The fraction of sp³-hybridized carbons (Fsp3) is 0.263. The first-order valence-electron chi connectivity index (χ1n) is 7.77. The van der Waals surface area contributed by atoms with Crippen LogP contribution in [0.5, 0.6) is 5.75 Å². The van der Waals surface area contributed by atoms with Gasteiger partial charge >= 0.3 is 5.97 Å². The normalized spacial score (nSPS) is 12.8. The second-order valence-electron chi connectivity index (χ2n) is 5.82. The summed E-state index contributed by atoms with van der Waals surface area (Å²) >= 11 is 0. The van der Waals surface area contributed by atoms with E-state index in [-0.39, 0.29) is 6.61 Å². The monoisotopic (exact) mass is 343 g/mol. The molecular weight excluding hydrogens is 322 g/mol. The lowest BCUT2D eigenvalue weighted by Gasteiger charge is -2.28. The Kier molecular flexibility index (Phi) is 6.14. The van der Waals surface area contributed by atoms with E-state index in [9.17, 15) is 14.7 Å². The Bertz CT molecular complexity index is 732. The average molecular weight is 343 g/mol. The molecule has 132 valence electrons. The molecule has 0 heterocycles. The van der Waals surface area contributed by atoms with E-state index in [0.717, 1.165) is 0 Å². The number of para-hydroxylation sites is 1. The Morgan fingerprint density at radius 3 is 2.36 bits per heavy atom. The van der Waals surface area contributed by atoms with Crippen LogP contribution in [0.2, 0.25) is 0 Å². The van der Waals surface area contributed by atoms with Gasteiger partial charge in [-0.3, -0.25) is 4.79 Å². The number of aliphatic hydroxyl groups is 1. The van der Waals surface area contributed by atoms with Gasteiger partial charge in [-0.1, -0.05) is 30.3 Å². The maximum Gasteiger partial charge on any atom is 0.338 e. The van der Waals surface area contributed by atoms with Crippen molar-refractivity contribution in [1.82, 2.24) is 5.32 Å². The molecule has 0 aliphatic heterocycles. The Morgan fingerprint density at radius 2 is 1.72 bits per heavy atom. The zero-order chi connectivity index (χ0) is 18.3. The van der Waals surface area contributed by atoms with Gasteiger partial charge in [0.15, 0.2) is 0 Å². The van der Waals surface area contributed by atoms with Crippen molar-refractivity contribution in [2.45, 2.75) is 12.5 Å². The Morgan fingerprint density at radius 1 is 1.08 bits per heavy atom. The highest BCUT2D eigenvalue weighted by atomic mass is 16.5. The minimum atomic E-state index is -1.12. The number of ether oxygens (including phenoxy) is 2. The number of benzene rings is 2. The molecule has 2 aromatic carbocycles. The van der Waals surface area contributed by atoms with E-state index >= 15 is 0 Å². The van der Waals surface area contributed by atoms with Gasteiger partial charge in [-0.15, -0.1) is 0 Å². The third kappa shape index (κ3) is 4.81. The largest absolute Gasteiger partial charge is 0.496 e. The van der Waals surface area contributed by atoms with Crippen LogP contribution < -0.4 is 10.1 Å². The van der Waals surface area contributed by atoms with Gasteiger partial charge in [0.1, 0.15) is 12.4 Å². The second-order valence-corrected chi connectivity index (χ2v) is 5.82. The van der Waals surface area contributed by atoms with E-state index in [1.165, 1.54) is 7.11 Å². The summed E-state index contributed by atoms with van der Waals surface area (Å²) in [5, 5.41) is 12.3. The van der Waals surface area contributed by atoms with E-state index in [4.69, 9.17) is 9.47 Å². The number of methoxy groups -OCH3 is 1. The first kappa shape index (κ1) is 18.5. The molecule has 0 aliphatic carbocycles. The Balaban J connectivity index is 2.04. The number of aliphatic hydroxyl groups excluding tert-OH is 1. The predicted octanol–water partition coefficient (Wildman–Crippen LogP) is 2.03. The Hall–Kier alpha value is -2.86. The molecular formula is C19H21NO5. The maximum absolute atomic E-state index is 12.5. The van der Waals surface area contributed by atoms with Crippen LogP contribution in [0.3, 0.4) is 0 Å². The van der Waals surface area contributed by atoms with Gasteiger partial charge in [-0.2, -0.15) is 0 Å². The SMILES string of the molecule is COc1ccccc1C(=O)NC(C)(CO)COC(=O)c1ccccc1. The summed E-state index contributed by atoms with van der Waals surface area (Å²) in [6, 6.07) is 15.3. The quantitative estimate of drug-likeness (QED) is 0.752. The average Bonchev–Trinajstić information content (AvgIpc) is 2.66. The van der Waals surface area contributed by atoms with E-state index in [1.54, 1.807) is 61.5 Å². The molecule has 2 N–H and O–H groups in total. The highest BCUT2D eigenvalue weighted by molar-refractivity contribution is 5.97. The van der Waals surface area contributed by atoms with Crippen LogP contribution in [0, 0.1) is 0 Å². The molecule has 0 fully saturated rings. The van der Waals surface area contributed by atoms with E-state index in [0.29, 0.717) is 16.9 Å². The molecule has 0 aromatic heterocycles. The lowest BCUT2D eigenvalue weighted by Crippen LogP contribution is -2.52. The van der Waals surface area contributed by atoms with Gasteiger partial charge < -0.3 is 19.9 Å². The molecule has 6 nitrogen and oxygen atoms in total. The molecule has 0 spiro atoms. The molecule has 0 bridgehead atoms. The molecule has 6 heteroatoms. The number of esters is 1. The van der Waals surface area contributed by atoms with Gasteiger partial charge in [0.25, 0.3) is 5.91 Å². The number of nitrogens with one attached hydrogen (secondary N) is 1. The molecule has 2 aromatic rings. The molecule has 0 saturated heterocycles. The topological polar surface area (TPSA) is 84.9 Å². The van der Waals surface area contributed by atoms with Crippen LogP contribution in [-0.4, -0.2) is 42.8 Å². The summed E-state index contributed by atoms with van der Waals surface area (Å²) in [7, 11) is 1.47. The van der Waals surface area contributed by atoms with Crippen molar-refractivity contribution in [3.63, 3.8) is 0 Å².